The molecule has 0 unspecified atom stereocenters. The molecule has 5 atom stereocenters. The van der Waals surface area contributed by atoms with Gasteiger partial charge in [-0.15, -0.1) is 0 Å². The smallest absolute Gasteiger partial charge is 0.178 e. The monoisotopic (exact) mass is 434 g/mol. The van der Waals surface area contributed by atoms with Crippen LogP contribution < -0.4 is 0 Å². The molecule has 0 aliphatic heterocycles. The van der Waals surface area contributed by atoms with E-state index in [4.69, 9.17) is 0 Å². The summed E-state index contributed by atoms with van der Waals surface area (Å²) in [5.41, 5.74) is 1.14. The van der Waals surface area contributed by atoms with E-state index in [1.807, 2.05) is 6.08 Å². The van der Waals surface area contributed by atoms with E-state index >= 15 is 0 Å². The summed E-state index contributed by atoms with van der Waals surface area (Å²) in [6.07, 6.45) is 12.6. The predicted molar refractivity (Wildman–Crippen MR) is 102 cm³/mol. The number of rotatable bonds is 1. The molecule has 3 fully saturated rings. The van der Waals surface area contributed by atoms with Crippen LogP contribution >= 0.6 is 22.6 Å². The summed E-state index contributed by atoms with van der Waals surface area (Å²) in [5, 5.41) is 0. The molecule has 0 spiro atoms. The molecule has 3 heteroatoms. The highest BCUT2D eigenvalue weighted by Crippen LogP contribution is 2.64. The lowest BCUT2D eigenvalue weighted by atomic mass is 9.47. The number of halogens is 1. The largest absolute Gasteiger partial charge is 0.299 e. The number of carbonyl (C=O) groups is 2. The lowest BCUT2D eigenvalue weighted by Crippen LogP contribution is -2.50. The topological polar surface area (TPSA) is 34.1 Å². The third-order valence-corrected chi connectivity index (χ3v) is 7.84. The van der Waals surface area contributed by atoms with Crippen molar-refractivity contribution >= 4 is 34.2 Å². The summed E-state index contributed by atoms with van der Waals surface area (Å²) in [6, 6.07) is 0. The van der Waals surface area contributed by atoms with E-state index in [0.29, 0.717) is 23.5 Å². The first-order chi connectivity index (χ1) is 11.5. The number of carbonyl (C=O) groups excluding carboxylic acids is 2. The van der Waals surface area contributed by atoms with Crippen LogP contribution in [-0.4, -0.2) is 11.6 Å². The molecule has 0 aromatic heterocycles. The molecule has 0 aromatic rings. The first-order valence-corrected chi connectivity index (χ1v) is 10.2. The van der Waals surface area contributed by atoms with Crippen molar-refractivity contribution in [1.29, 1.82) is 0 Å². The first-order valence-electron chi connectivity index (χ1n) is 9.07. The van der Waals surface area contributed by atoms with Crippen molar-refractivity contribution in [3.63, 3.8) is 0 Å². The average molecular weight is 434 g/mol. The molecule has 24 heavy (non-hydrogen) atoms. The Morgan fingerprint density at radius 3 is 2.83 bits per heavy atom. The standard InChI is InChI=1S/C21H23IO2/c1-20-10-8-18-16(17(20)5-6-19(20)24)4-3-14-13-15(23)7-11-21(14,18)9-2-12-22/h7,11,13,16-18H,3-6,8-10H2,1H3/t16-,17-,18-,20-,21-/m0/s1. The fraction of sp³-hybridized carbons (Fsp3) is 0.619. The minimum Gasteiger partial charge on any atom is -0.299 e. The molecule has 4 rings (SSSR count). The number of ketones is 2. The third-order valence-electron chi connectivity index (χ3n) is 7.46. The van der Waals surface area contributed by atoms with E-state index in [1.165, 1.54) is 5.57 Å². The van der Waals surface area contributed by atoms with Crippen molar-refractivity contribution < 1.29 is 9.59 Å². The molecule has 4 aliphatic carbocycles. The molecule has 0 saturated heterocycles. The highest BCUT2D eigenvalue weighted by atomic mass is 127. The minimum atomic E-state index is -0.0906. The number of fused-ring (bicyclic) bond motifs is 5. The van der Waals surface area contributed by atoms with Gasteiger partial charge in [0.1, 0.15) is 5.78 Å². The molecule has 0 bridgehead atoms. The second-order valence-electron chi connectivity index (χ2n) is 8.23. The van der Waals surface area contributed by atoms with E-state index < -0.39 is 0 Å². The lowest BCUT2D eigenvalue weighted by Gasteiger charge is -2.56. The quantitative estimate of drug-likeness (QED) is 0.446. The Morgan fingerprint density at radius 1 is 1.21 bits per heavy atom. The van der Waals surface area contributed by atoms with Gasteiger partial charge in [-0.3, -0.25) is 9.59 Å². The first kappa shape index (κ1) is 16.6. The summed E-state index contributed by atoms with van der Waals surface area (Å²) in [6.45, 7) is 2.21. The Bertz CT molecular complexity index is 722. The van der Waals surface area contributed by atoms with Gasteiger partial charge in [0.2, 0.25) is 0 Å². The second kappa shape index (κ2) is 5.83. The SMILES string of the molecule is C[C@]12CC[C@H]3[C@@H](CCC4=CC(=O)C=C[C@@]43CC#CI)[C@@H]1CCC2=O. The van der Waals surface area contributed by atoms with Gasteiger partial charge in [-0.25, -0.2) is 0 Å². The lowest BCUT2D eigenvalue weighted by molar-refractivity contribution is -0.131. The zero-order chi connectivity index (χ0) is 16.9. The van der Waals surface area contributed by atoms with Crippen LogP contribution in [0.15, 0.2) is 23.8 Å². The van der Waals surface area contributed by atoms with Crippen LogP contribution in [0.25, 0.3) is 0 Å². The predicted octanol–water partition coefficient (Wildman–Crippen LogP) is 4.63. The molecule has 2 nitrogen and oxygen atoms in total. The molecule has 0 N–H and O–H groups in total. The van der Waals surface area contributed by atoms with E-state index in [1.54, 1.807) is 6.08 Å². The maximum atomic E-state index is 12.5. The van der Waals surface area contributed by atoms with Crippen LogP contribution in [0.1, 0.15) is 51.9 Å². The highest BCUT2D eigenvalue weighted by molar-refractivity contribution is 14.1. The van der Waals surface area contributed by atoms with E-state index in [0.717, 1.165) is 44.9 Å². The second-order valence-corrected chi connectivity index (χ2v) is 8.77. The number of Topliss-reactive ketones (excluding diaryl/α,β-unsaturated/α-hetero) is 1. The van der Waals surface area contributed by atoms with E-state index in [2.05, 4.69) is 45.4 Å². The highest BCUT2D eigenvalue weighted by Gasteiger charge is 2.59. The van der Waals surface area contributed by atoms with Gasteiger partial charge in [0.15, 0.2) is 5.78 Å². The maximum absolute atomic E-state index is 12.5. The summed E-state index contributed by atoms with van der Waals surface area (Å²) in [5.74, 6) is 5.57. The van der Waals surface area contributed by atoms with Crippen molar-refractivity contribution in [3.05, 3.63) is 23.8 Å². The van der Waals surface area contributed by atoms with Crippen molar-refractivity contribution in [2.45, 2.75) is 51.9 Å². The van der Waals surface area contributed by atoms with Crippen LogP contribution in [0, 0.1) is 38.4 Å². The summed E-state index contributed by atoms with van der Waals surface area (Å²) < 4.78 is 3.03. The van der Waals surface area contributed by atoms with Gasteiger partial charge in [-0.05, 0) is 65.9 Å². The Morgan fingerprint density at radius 2 is 2.04 bits per heavy atom. The summed E-state index contributed by atoms with van der Waals surface area (Å²) >= 11 is 2.11. The molecule has 0 heterocycles. The normalized spacial score (nSPS) is 43.2. The van der Waals surface area contributed by atoms with Gasteiger partial charge >= 0.3 is 0 Å². The molecule has 0 radical (unpaired) electrons. The van der Waals surface area contributed by atoms with E-state index in [-0.39, 0.29) is 16.6 Å². The summed E-state index contributed by atoms with van der Waals surface area (Å²) in [7, 11) is 0. The molecular formula is C21H23IO2. The average Bonchev–Trinajstić information content (AvgIpc) is 2.88. The van der Waals surface area contributed by atoms with Crippen LogP contribution in [0.5, 0.6) is 0 Å². The van der Waals surface area contributed by atoms with Gasteiger partial charge in [0.05, 0.1) is 0 Å². The Hall–Kier alpha value is -0.890. The zero-order valence-electron chi connectivity index (χ0n) is 14.1. The molecule has 126 valence electrons. The third kappa shape index (κ3) is 2.21. The Kier molecular flexibility index (Phi) is 4.03. The number of allylic oxidation sites excluding steroid dienone is 4. The molecular weight excluding hydrogens is 411 g/mol. The van der Waals surface area contributed by atoms with Gasteiger partial charge in [0, 0.05) is 46.3 Å². The van der Waals surface area contributed by atoms with Crippen LogP contribution in [0.4, 0.5) is 0 Å². The van der Waals surface area contributed by atoms with Crippen LogP contribution in [0.2, 0.25) is 0 Å². The summed E-state index contributed by atoms with van der Waals surface area (Å²) in [4.78, 5) is 24.4. The number of hydrogen-bond donors (Lipinski definition) is 0. The van der Waals surface area contributed by atoms with Crippen molar-refractivity contribution in [3.8, 4) is 9.85 Å². The van der Waals surface area contributed by atoms with Crippen LogP contribution in [-0.2, 0) is 9.59 Å². The minimum absolute atomic E-state index is 0.0675. The molecule has 0 amide bonds. The van der Waals surface area contributed by atoms with E-state index in [9.17, 15) is 9.59 Å². The Balaban J connectivity index is 1.75. The van der Waals surface area contributed by atoms with Gasteiger partial charge in [-0.1, -0.05) is 24.5 Å². The fourth-order valence-corrected chi connectivity index (χ4v) is 6.46. The number of hydrogen-bond acceptors (Lipinski definition) is 2. The molecule has 3 saturated carbocycles. The van der Waals surface area contributed by atoms with Crippen molar-refractivity contribution in [2.24, 2.45) is 28.6 Å². The van der Waals surface area contributed by atoms with Crippen molar-refractivity contribution in [1.82, 2.24) is 0 Å². The van der Waals surface area contributed by atoms with Gasteiger partial charge in [0.25, 0.3) is 0 Å². The van der Waals surface area contributed by atoms with Gasteiger partial charge < -0.3 is 0 Å². The maximum Gasteiger partial charge on any atom is 0.178 e. The zero-order valence-corrected chi connectivity index (χ0v) is 16.3. The van der Waals surface area contributed by atoms with Crippen LogP contribution in [0.3, 0.4) is 0 Å². The fourth-order valence-electron chi connectivity index (χ4n) is 6.26. The van der Waals surface area contributed by atoms with Crippen molar-refractivity contribution in [2.75, 3.05) is 0 Å². The molecule has 4 aliphatic rings. The molecule has 0 aromatic carbocycles. The van der Waals surface area contributed by atoms with Gasteiger partial charge in [-0.2, -0.15) is 0 Å². The Labute approximate surface area is 157 Å².